The van der Waals surface area contributed by atoms with E-state index in [9.17, 15) is 14.9 Å². The van der Waals surface area contributed by atoms with E-state index in [1.165, 1.54) is 18.2 Å². The lowest BCUT2D eigenvalue weighted by Gasteiger charge is -2.26. The Hall–Kier alpha value is -3.12. The molecule has 2 heterocycles. The molecule has 0 spiro atoms. The van der Waals surface area contributed by atoms with Gasteiger partial charge < -0.3 is 9.88 Å². The minimum atomic E-state index is -0.555. The number of aromatic amines is 1. The average Bonchev–Trinajstić information content (AvgIpc) is 3.11. The van der Waals surface area contributed by atoms with Crippen LogP contribution >= 0.6 is 11.6 Å². The van der Waals surface area contributed by atoms with Crippen LogP contribution in [-0.4, -0.2) is 33.8 Å². The number of amides is 1. The molecule has 4 rings (SSSR count). The summed E-state index contributed by atoms with van der Waals surface area (Å²) in [7, 11) is 0. The summed E-state index contributed by atoms with van der Waals surface area (Å²) in [6.07, 6.45) is 4.67. The maximum absolute atomic E-state index is 12.8. The lowest BCUT2D eigenvalue weighted by molar-refractivity contribution is -0.385. The third-order valence-corrected chi connectivity index (χ3v) is 5.05. The Morgan fingerprint density at radius 2 is 2.04 bits per heavy atom. The first-order valence-electron chi connectivity index (χ1n) is 8.53. The second kappa shape index (κ2) is 6.89. The van der Waals surface area contributed by atoms with E-state index in [4.69, 9.17) is 11.6 Å². The Bertz CT molecular complexity index is 1090. The molecule has 2 aromatic carbocycles. The van der Waals surface area contributed by atoms with Crippen LogP contribution in [0.15, 0.2) is 54.7 Å². The van der Waals surface area contributed by atoms with Crippen molar-refractivity contribution in [2.45, 2.75) is 6.42 Å². The number of H-pyrrole nitrogens is 1. The quantitative estimate of drug-likeness (QED) is 0.529. The fourth-order valence-electron chi connectivity index (χ4n) is 3.44. The molecule has 7 heteroatoms. The van der Waals surface area contributed by atoms with Crippen LogP contribution in [0.4, 0.5) is 5.69 Å². The topological polar surface area (TPSA) is 79.2 Å². The van der Waals surface area contributed by atoms with Gasteiger partial charge in [0.05, 0.1) is 4.92 Å². The van der Waals surface area contributed by atoms with Crippen LogP contribution in [0.2, 0.25) is 5.02 Å². The molecule has 3 aromatic rings. The van der Waals surface area contributed by atoms with E-state index >= 15 is 0 Å². The Morgan fingerprint density at radius 1 is 1.22 bits per heavy atom. The van der Waals surface area contributed by atoms with Gasteiger partial charge in [-0.2, -0.15) is 0 Å². The zero-order valence-corrected chi connectivity index (χ0v) is 15.1. The minimum Gasteiger partial charge on any atom is -0.361 e. The molecule has 1 aliphatic rings. The van der Waals surface area contributed by atoms with Gasteiger partial charge in [0.2, 0.25) is 0 Å². The van der Waals surface area contributed by atoms with Crippen molar-refractivity contribution in [3.05, 3.63) is 81.0 Å². The van der Waals surface area contributed by atoms with E-state index in [0.29, 0.717) is 24.5 Å². The van der Waals surface area contributed by atoms with E-state index in [1.807, 2.05) is 30.5 Å². The van der Waals surface area contributed by atoms with Crippen LogP contribution in [0.25, 0.3) is 16.5 Å². The van der Waals surface area contributed by atoms with E-state index < -0.39 is 4.92 Å². The summed E-state index contributed by atoms with van der Waals surface area (Å²) in [4.78, 5) is 28.4. The third kappa shape index (κ3) is 3.19. The fraction of sp³-hybridized carbons (Fsp3) is 0.150. The maximum Gasteiger partial charge on any atom is 0.282 e. The summed E-state index contributed by atoms with van der Waals surface area (Å²) in [6, 6.07) is 12.1. The molecule has 1 aliphatic heterocycles. The van der Waals surface area contributed by atoms with Crippen LogP contribution < -0.4 is 0 Å². The number of rotatable bonds is 3. The smallest absolute Gasteiger partial charge is 0.282 e. The number of hydrogen-bond donors (Lipinski definition) is 1. The molecule has 6 nitrogen and oxygen atoms in total. The van der Waals surface area contributed by atoms with Crippen molar-refractivity contribution in [2.75, 3.05) is 13.1 Å². The number of fused-ring (bicyclic) bond motifs is 1. The minimum absolute atomic E-state index is 0.0245. The van der Waals surface area contributed by atoms with Gasteiger partial charge in [-0.25, -0.2) is 0 Å². The predicted molar refractivity (Wildman–Crippen MR) is 105 cm³/mol. The molecule has 0 aliphatic carbocycles. The molecule has 0 bridgehead atoms. The van der Waals surface area contributed by atoms with Gasteiger partial charge in [0, 0.05) is 46.8 Å². The molecule has 1 N–H and O–H groups in total. The van der Waals surface area contributed by atoms with Crippen molar-refractivity contribution in [1.29, 1.82) is 0 Å². The van der Waals surface area contributed by atoms with Crippen molar-refractivity contribution < 1.29 is 9.72 Å². The Balaban J connectivity index is 1.60. The molecular formula is C20H16ClN3O3. The largest absolute Gasteiger partial charge is 0.361 e. The van der Waals surface area contributed by atoms with Crippen LogP contribution in [0.1, 0.15) is 22.3 Å². The Morgan fingerprint density at radius 3 is 2.78 bits per heavy atom. The first-order chi connectivity index (χ1) is 13.0. The third-order valence-electron chi connectivity index (χ3n) is 4.82. The number of nitrogens with zero attached hydrogens (tertiary/aromatic N) is 2. The summed E-state index contributed by atoms with van der Waals surface area (Å²) in [6.45, 7) is 0.894. The number of aromatic nitrogens is 1. The van der Waals surface area contributed by atoms with E-state index in [0.717, 1.165) is 22.0 Å². The van der Waals surface area contributed by atoms with Gasteiger partial charge in [-0.3, -0.25) is 14.9 Å². The van der Waals surface area contributed by atoms with Gasteiger partial charge >= 0.3 is 0 Å². The van der Waals surface area contributed by atoms with E-state index in [2.05, 4.69) is 11.1 Å². The number of nitro benzene ring substituents is 1. The summed E-state index contributed by atoms with van der Waals surface area (Å²) < 4.78 is 0. The molecule has 0 unspecified atom stereocenters. The number of carbonyl (C=O) groups is 1. The first kappa shape index (κ1) is 17.3. The highest BCUT2D eigenvalue weighted by Gasteiger charge is 2.26. The van der Waals surface area contributed by atoms with Gasteiger partial charge in [0.15, 0.2) is 0 Å². The lowest BCUT2D eigenvalue weighted by atomic mass is 9.98. The molecule has 0 atom stereocenters. The highest BCUT2D eigenvalue weighted by molar-refractivity contribution is 6.31. The fourth-order valence-corrected chi connectivity index (χ4v) is 3.62. The van der Waals surface area contributed by atoms with Gasteiger partial charge in [0.25, 0.3) is 11.6 Å². The standard InChI is InChI=1S/C20H16ClN3O3/c21-14-5-6-19(24(26)27)16(11-14)20(25)23-9-7-13(8-10-23)17-12-22-18-4-2-1-3-15(17)18/h1-7,11-12,22H,8-10H2. The average molecular weight is 382 g/mol. The van der Waals surface area contributed by atoms with Gasteiger partial charge in [0.1, 0.15) is 5.56 Å². The SMILES string of the molecule is O=C(c1cc(Cl)ccc1[N+](=O)[O-])N1CC=C(c2c[nH]c3ccccc23)CC1. The molecule has 0 saturated heterocycles. The molecular weight excluding hydrogens is 366 g/mol. The molecule has 1 amide bonds. The first-order valence-corrected chi connectivity index (χ1v) is 8.91. The molecule has 136 valence electrons. The number of benzene rings is 2. The number of halogens is 1. The number of carbonyl (C=O) groups excluding carboxylic acids is 1. The summed E-state index contributed by atoms with van der Waals surface area (Å²) in [5.41, 5.74) is 3.16. The zero-order valence-electron chi connectivity index (χ0n) is 14.3. The van der Waals surface area contributed by atoms with Crippen LogP contribution in [0.3, 0.4) is 0 Å². The molecule has 0 radical (unpaired) electrons. The number of para-hydroxylation sites is 1. The van der Waals surface area contributed by atoms with Crippen molar-refractivity contribution in [3.63, 3.8) is 0 Å². The monoisotopic (exact) mass is 381 g/mol. The summed E-state index contributed by atoms with van der Waals surface area (Å²) in [5, 5.41) is 12.7. The van der Waals surface area contributed by atoms with Crippen molar-refractivity contribution in [3.8, 4) is 0 Å². The van der Waals surface area contributed by atoms with E-state index in [-0.39, 0.29) is 17.2 Å². The zero-order chi connectivity index (χ0) is 19.0. The normalized spacial score (nSPS) is 14.3. The van der Waals surface area contributed by atoms with Crippen molar-refractivity contribution >= 4 is 39.7 Å². The highest BCUT2D eigenvalue weighted by Crippen LogP contribution is 2.30. The number of nitrogens with one attached hydrogen (secondary N) is 1. The number of hydrogen-bond acceptors (Lipinski definition) is 3. The second-order valence-corrected chi connectivity index (χ2v) is 6.83. The van der Waals surface area contributed by atoms with E-state index in [1.54, 1.807) is 4.90 Å². The predicted octanol–water partition coefficient (Wildman–Crippen LogP) is 4.66. The second-order valence-electron chi connectivity index (χ2n) is 6.40. The van der Waals surface area contributed by atoms with Crippen molar-refractivity contribution in [1.82, 2.24) is 9.88 Å². The molecule has 0 saturated carbocycles. The van der Waals surface area contributed by atoms with Crippen LogP contribution in [0, 0.1) is 10.1 Å². The van der Waals surface area contributed by atoms with Gasteiger partial charge in [-0.15, -0.1) is 0 Å². The van der Waals surface area contributed by atoms with Gasteiger partial charge in [-0.1, -0.05) is 35.9 Å². The maximum atomic E-state index is 12.8. The van der Waals surface area contributed by atoms with Crippen LogP contribution in [0.5, 0.6) is 0 Å². The molecule has 0 fully saturated rings. The lowest BCUT2D eigenvalue weighted by Crippen LogP contribution is -2.35. The van der Waals surface area contributed by atoms with Crippen molar-refractivity contribution in [2.24, 2.45) is 0 Å². The Kier molecular flexibility index (Phi) is 4.41. The summed E-state index contributed by atoms with van der Waals surface area (Å²) >= 11 is 5.94. The summed E-state index contributed by atoms with van der Waals surface area (Å²) in [5.74, 6) is -0.376. The van der Waals surface area contributed by atoms with Crippen LogP contribution in [-0.2, 0) is 0 Å². The van der Waals surface area contributed by atoms with Gasteiger partial charge in [-0.05, 0) is 30.2 Å². The highest BCUT2D eigenvalue weighted by atomic mass is 35.5. The molecule has 27 heavy (non-hydrogen) atoms. The number of nitro groups is 1. The Labute approximate surface area is 160 Å². The molecule has 1 aromatic heterocycles.